The van der Waals surface area contributed by atoms with Crippen LogP contribution in [0.2, 0.25) is 0 Å². The van der Waals surface area contributed by atoms with Crippen LogP contribution in [0.3, 0.4) is 0 Å². The van der Waals surface area contributed by atoms with Crippen molar-refractivity contribution in [2.45, 2.75) is 25.9 Å². The molecular formula is C23H21ClO3. The Morgan fingerprint density at radius 1 is 0.815 bits per heavy atom. The van der Waals surface area contributed by atoms with Gasteiger partial charge in [0, 0.05) is 17.0 Å². The molecule has 138 valence electrons. The minimum Gasteiger partial charge on any atom is -0.489 e. The number of carbonyl (C=O) groups is 1. The minimum atomic E-state index is -0.840. The van der Waals surface area contributed by atoms with Gasteiger partial charge >= 0.3 is 5.43 Å². The molecule has 27 heavy (non-hydrogen) atoms. The lowest BCUT2D eigenvalue weighted by molar-refractivity contribution is 0.225. The summed E-state index contributed by atoms with van der Waals surface area (Å²) in [5, 5.41) is 0. The maximum Gasteiger partial charge on any atom is 0.409 e. The van der Waals surface area contributed by atoms with E-state index >= 15 is 0 Å². The fraction of sp³-hybridized carbons (Fsp3) is 0.174. The van der Waals surface area contributed by atoms with Crippen molar-refractivity contribution in [2.75, 3.05) is 0 Å². The van der Waals surface area contributed by atoms with E-state index < -0.39 is 5.43 Å². The number of hydrogen-bond donors (Lipinski definition) is 0. The van der Waals surface area contributed by atoms with Crippen molar-refractivity contribution >= 4 is 17.0 Å². The molecule has 0 unspecified atom stereocenters. The fourth-order valence-corrected chi connectivity index (χ4v) is 3.00. The monoisotopic (exact) mass is 380 g/mol. The van der Waals surface area contributed by atoms with Crippen LogP contribution in [-0.4, -0.2) is 5.43 Å². The molecule has 0 aliphatic carbocycles. The van der Waals surface area contributed by atoms with Crippen LogP contribution in [0.4, 0.5) is 4.79 Å². The van der Waals surface area contributed by atoms with Gasteiger partial charge in [0.25, 0.3) is 0 Å². The zero-order valence-corrected chi connectivity index (χ0v) is 16.1. The number of rotatable bonds is 6. The molecule has 0 aliphatic rings. The van der Waals surface area contributed by atoms with E-state index in [4.69, 9.17) is 21.1 Å². The molecule has 0 atom stereocenters. The molecule has 0 aliphatic heterocycles. The molecule has 0 radical (unpaired) electrons. The van der Waals surface area contributed by atoms with Gasteiger partial charge in [-0.15, -0.1) is 0 Å². The maximum absolute atomic E-state index is 10.8. The highest BCUT2D eigenvalue weighted by molar-refractivity contribution is 6.61. The molecule has 4 heteroatoms. The molecule has 3 rings (SSSR count). The molecule has 3 nitrogen and oxygen atoms in total. The van der Waals surface area contributed by atoms with E-state index in [1.807, 2.05) is 54.6 Å². The Labute approximate surface area is 164 Å². The molecular weight excluding hydrogens is 360 g/mol. The molecule has 0 heterocycles. The lowest BCUT2D eigenvalue weighted by Gasteiger charge is -2.26. The average Bonchev–Trinajstić information content (AvgIpc) is 2.67. The van der Waals surface area contributed by atoms with Crippen molar-refractivity contribution in [1.29, 1.82) is 0 Å². The average molecular weight is 381 g/mol. The van der Waals surface area contributed by atoms with E-state index in [-0.39, 0.29) is 5.41 Å². The van der Waals surface area contributed by atoms with E-state index in [1.54, 1.807) is 12.1 Å². The third-order valence-electron chi connectivity index (χ3n) is 4.60. The van der Waals surface area contributed by atoms with Crippen molar-refractivity contribution in [3.8, 4) is 11.5 Å². The lowest BCUT2D eigenvalue weighted by atomic mass is 9.78. The van der Waals surface area contributed by atoms with Gasteiger partial charge in [-0.2, -0.15) is 0 Å². The van der Waals surface area contributed by atoms with Gasteiger partial charge in [0.2, 0.25) is 0 Å². The van der Waals surface area contributed by atoms with Gasteiger partial charge in [-0.1, -0.05) is 68.4 Å². The normalized spacial score (nSPS) is 11.1. The maximum atomic E-state index is 10.8. The summed E-state index contributed by atoms with van der Waals surface area (Å²) in [7, 11) is 0. The Hall–Kier alpha value is -2.78. The Morgan fingerprint density at radius 2 is 1.33 bits per heavy atom. The van der Waals surface area contributed by atoms with Crippen molar-refractivity contribution in [1.82, 2.24) is 0 Å². The fourth-order valence-electron chi connectivity index (χ4n) is 2.91. The molecule has 0 aromatic heterocycles. The lowest BCUT2D eigenvalue weighted by Crippen LogP contribution is -2.18. The van der Waals surface area contributed by atoms with Crippen LogP contribution in [0.15, 0.2) is 78.9 Å². The summed E-state index contributed by atoms with van der Waals surface area (Å²) in [4.78, 5) is 10.8. The molecule has 0 saturated carbocycles. The van der Waals surface area contributed by atoms with Gasteiger partial charge in [0.15, 0.2) is 0 Å². The quantitative estimate of drug-likeness (QED) is 0.469. The number of carbonyl (C=O) groups excluding carboxylic acids is 1. The zero-order valence-electron chi connectivity index (χ0n) is 15.3. The standard InChI is InChI=1S/C23H21ClO3/c1-23(2,19-10-14-21(15-11-19)27-22(24)25)18-8-12-20(13-9-18)26-16-17-6-4-3-5-7-17/h3-15H,16H2,1-2H3. The summed E-state index contributed by atoms with van der Waals surface area (Å²) >= 11 is 5.24. The Kier molecular flexibility index (Phi) is 5.82. The molecule has 0 spiro atoms. The first kappa shape index (κ1) is 19.0. The van der Waals surface area contributed by atoms with Crippen LogP contribution >= 0.6 is 11.6 Å². The summed E-state index contributed by atoms with van der Waals surface area (Å²) in [6.45, 7) is 4.84. The van der Waals surface area contributed by atoms with E-state index in [0.717, 1.165) is 22.4 Å². The van der Waals surface area contributed by atoms with Crippen LogP contribution < -0.4 is 9.47 Å². The molecule has 0 bridgehead atoms. The smallest absolute Gasteiger partial charge is 0.409 e. The van der Waals surface area contributed by atoms with Crippen molar-refractivity contribution < 1.29 is 14.3 Å². The highest BCUT2D eigenvalue weighted by atomic mass is 35.5. The van der Waals surface area contributed by atoms with E-state index in [2.05, 4.69) is 26.0 Å². The summed E-state index contributed by atoms with van der Waals surface area (Å²) in [6, 6.07) is 25.6. The van der Waals surface area contributed by atoms with Crippen LogP contribution in [-0.2, 0) is 12.0 Å². The number of halogens is 1. The van der Waals surface area contributed by atoms with Gasteiger partial charge in [-0.3, -0.25) is 0 Å². The van der Waals surface area contributed by atoms with Crippen LogP contribution in [0.1, 0.15) is 30.5 Å². The molecule has 0 saturated heterocycles. The van der Waals surface area contributed by atoms with Gasteiger partial charge in [0.05, 0.1) is 0 Å². The predicted molar refractivity (Wildman–Crippen MR) is 108 cm³/mol. The van der Waals surface area contributed by atoms with E-state index in [1.165, 1.54) is 0 Å². The summed E-state index contributed by atoms with van der Waals surface area (Å²) in [5.41, 5.74) is 2.36. The predicted octanol–water partition coefficient (Wildman–Crippen LogP) is 6.33. The van der Waals surface area contributed by atoms with Crippen LogP contribution in [0, 0.1) is 0 Å². The topological polar surface area (TPSA) is 35.5 Å². The highest BCUT2D eigenvalue weighted by Gasteiger charge is 2.23. The number of benzene rings is 3. The highest BCUT2D eigenvalue weighted by Crippen LogP contribution is 2.33. The van der Waals surface area contributed by atoms with Gasteiger partial charge in [-0.05, 0) is 41.0 Å². The van der Waals surface area contributed by atoms with Crippen LogP contribution in [0.25, 0.3) is 0 Å². The molecule has 3 aromatic rings. The molecule has 0 amide bonds. The Balaban J connectivity index is 1.70. The minimum absolute atomic E-state index is 0.207. The van der Waals surface area contributed by atoms with Gasteiger partial charge in [0.1, 0.15) is 18.1 Å². The number of ether oxygens (including phenoxy) is 2. The number of hydrogen-bond acceptors (Lipinski definition) is 3. The first-order chi connectivity index (χ1) is 12.9. The molecule has 0 N–H and O–H groups in total. The Bertz CT molecular complexity index is 885. The second kappa shape index (κ2) is 8.28. The van der Waals surface area contributed by atoms with Crippen molar-refractivity contribution in [3.05, 3.63) is 95.6 Å². The van der Waals surface area contributed by atoms with Crippen LogP contribution in [0.5, 0.6) is 11.5 Å². The zero-order chi connectivity index (χ0) is 19.3. The summed E-state index contributed by atoms with van der Waals surface area (Å²) in [6.07, 6.45) is 0. The summed E-state index contributed by atoms with van der Waals surface area (Å²) in [5.74, 6) is 1.27. The van der Waals surface area contributed by atoms with E-state index in [0.29, 0.717) is 12.4 Å². The van der Waals surface area contributed by atoms with Crippen molar-refractivity contribution in [3.63, 3.8) is 0 Å². The van der Waals surface area contributed by atoms with Gasteiger partial charge in [-0.25, -0.2) is 4.79 Å². The van der Waals surface area contributed by atoms with E-state index in [9.17, 15) is 4.79 Å². The molecule has 3 aromatic carbocycles. The SMILES string of the molecule is CC(C)(c1ccc(OCc2ccccc2)cc1)c1ccc(OC(=O)Cl)cc1. The second-order valence-electron chi connectivity index (χ2n) is 6.79. The Morgan fingerprint density at radius 3 is 1.85 bits per heavy atom. The van der Waals surface area contributed by atoms with Crippen molar-refractivity contribution in [2.24, 2.45) is 0 Å². The second-order valence-corrected chi connectivity index (χ2v) is 7.10. The third kappa shape index (κ3) is 4.89. The first-order valence-electron chi connectivity index (χ1n) is 8.70. The molecule has 0 fully saturated rings. The summed E-state index contributed by atoms with van der Waals surface area (Å²) < 4.78 is 10.7. The third-order valence-corrected chi connectivity index (χ3v) is 4.68. The van der Waals surface area contributed by atoms with Gasteiger partial charge < -0.3 is 9.47 Å². The largest absolute Gasteiger partial charge is 0.489 e. The first-order valence-corrected chi connectivity index (χ1v) is 9.08.